The summed E-state index contributed by atoms with van der Waals surface area (Å²) in [5.74, 6) is 0.884. The number of anilines is 1. The maximum absolute atomic E-state index is 11.8. The van der Waals surface area contributed by atoms with E-state index in [1.165, 1.54) is 0 Å². The minimum absolute atomic E-state index is 0.0252. The fourth-order valence-electron chi connectivity index (χ4n) is 2.26. The molecule has 1 N–H and O–H groups in total. The van der Waals surface area contributed by atoms with Crippen LogP contribution in [-0.2, 0) is 4.79 Å². The third-order valence-electron chi connectivity index (χ3n) is 3.37. The van der Waals surface area contributed by atoms with Crippen molar-refractivity contribution in [3.8, 4) is 22.8 Å². The zero-order chi connectivity index (χ0) is 16.1. The average Bonchev–Trinajstić information content (AvgIpc) is 3.06. The van der Waals surface area contributed by atoms with E-state index in [0.717, 1.165) is 12.0 Å². The van der Waals surface area contributed by atoms with Gasteiger partial charge in [-0.05, 0) is 18.6 Å². The van der Waals surface area contributed by atoms with Crippen molar-refractivity contribution in [1.82, 2.24) is 10.1 Å². The monoisotopic (exact) mass is 307 g/mol. The molecule has 2 aromatic carbocycles. The van der Waals surface area contributed by atoms with Gasteiger partial charge in [0.15, 0.2) is 0 Å². The highest BCUT2D eigenvalue weighted by molar-refractivity contribution is 5.94. The first-order valence-electron chi connectivity index (χ1n) is 7.56. The van der Waals surface area contributed by atoms with E-state index >= 15 is 0 Å². The van der Waals surface area contributed by atoms with Crippen LogP contribution in [0.25, 0.3) is 22.8 Å². The molecule has 0 aliphatic heterocycles. The Morgan fingerprint density at radius 2 is 1.83 bits per heavy atom. The predicted octanol–water partition coefficient (Wildman–Crippen LogP) is 4.14. The van der Waals surface area contributed by atoms with Crippen molar-refractivity contribution < 1.29 is 9.32 Å². The van der Waals surface area contributed by atoms with Crippen molar-refractivity contribution >= 4 is 11.6 Å². The second kappa shape index (κ2) is 6.87. The molecule has 0 spiro atoms. The molecule has 0 aliphatic rings. The topological polar surface area (TPSA) is 68.0 Å². The maximum atomic E-state index is 11.8. The smallest absolute Gasteiger partial charge is 0.260 e. The maximum Gasteiger partial charge on any atom is 0.260 e. The Hall–Kier alpha value is -2.95. The van der Waals surface area contributed by atoms with Crippen LogP contribution < -0.4 is 5.32 Å². The predicted molar refractivity (Wildman–Crippen MR) is 88.7 cm³/mol. The van der Waals surface area contributed by atoms with E-state index in [0.29, 0.717) is 29.4 Å². The Bertz CT molecular complexity index is 797. The Labute approximate surface area is 134 Å². The molecule has 5 nitrogen and oxygen atoms in total. The summed E-state index contributed by atoms with van der Waals surface area (Å²) in [5.41, 5.74) is 2.27. The Morgan fingerprint density at radius 1 is 1.09 bits per heavy atom. The normalized spacial score (nSPS) is 10.5. The standard InChI is InChI=1S/C18H17N3O2/c1-2-8-16(22)19-15-12-7-6-11-14(15)18-20-17(21-23-18)13-9-4-3-5-10-13/h3-7,9-12H,2,8H2,1H3,(H,19,22). The fourth-order valence-corrected chi connectivity index (χ4v) is 2.26. The van der Waals surface area contributed by atoms with Crippen LogP contribution in [0.3, 0.4) is 0 Å². The number of nitrogens with one attached hydrogen (secondary N) is 1. The van der Waals surface area contributed by atoms with E-state index in [2.05, 4.69) is 15.5 Å². The lowest BCUT2D eigenvalue weighted by Crippen LogP contribution is -2.11. The molecule has 0 aliphatic carbocycles. The lowest BCUT2D eigenvalue weighted by atomic mass is 10.1. The summed E-state index contributed by atoms with van der Waals surface area (Å²) in [6.45, 7) is 1.97. The average molecular weight is 307 g/mol. The molecule has 1 heterocycles. The van der Waals surface area contributed by atoms with Crippen molar-refractivity contribution in [2.75, 3.05) is 5.32 Å². The third-order valence-corrected chi connectivity index (χ3v) is 3.37. The van der Waals surface area contributed by atoms with Crippen LogP contribution in [0, 0.1) is 0 Å². The molecule has 0 radical (unpaired) electrons. The molecular weight excluding hydrogens is 290 g/mol. The molecule has 23 heavy (non-hydrogen) atoms. The number of benzene rings is 2. The number of amides is 1. The van der Waals surface area contributed by atoms with E-state index in [1.807, 2.05) is 61.5 Å². The van der Waals surface area contributed by atoms with E-state index in [1.54, 1.807) is 0 Å². The van der Waals surface area contributed by atoms with Crippen LogP contribution in [0.4, 0.5) is 5.69 Å². The molecule has 1 aromatic heterocycles. The Kier molecular flexibility index (Phi) is 4.47. The van der Waals surface area contributed by atoms with Crippen LogP contribution in [-0.4, -0.2) is 16.0 Å². The first-order chi connectivity index (χ1) is 11.3. The van der Waals surface area contributed by atoms with Crippen molar-refractivity contribution in [3.05, 3.63) is 54.6 Å². The lowest BCUT2D eigenvalue weighted by molar-refractivity contribution is -0.116. The number of carbonyl (C=O) groups excluding carboxylic acids is 1. The quantitative estimate of drug-likeness (QED) is 0.769. The lowest BCUT2D eigenvalue weighted by Gasteiger charge is -2.07. The number of hydrogen-bond acceptors (Lipinski definition) is 4. The van der Waals surface area contributed by atoms with Gasteiger partial charge in [-0.25, -0.2) is 0 Å². The number of carbonyl (C=O) groups is 1. The summed E-state index contributed by atoms with van der Waals surface area (Å²) < 4.78 is 5.37. The molecule has 0 bridgehead atoms. The molecule has 0 saturated carbocycles. The minimum atomic E-state index is -0.0252. The van der Waals surface area contributed by atoms with Gasteiger partial charge in [0.05, 0.1) is 11.3 Å². The largest absolute Gasteiger partial charge is 0.334 e. The molecule has 5 heteroatoms. The van der Waals surface area contributed by atoms with Gasteiger partial charge in [-0.2, -0.15) is 4.98 Å². The molecule has 3 rings (SSSR count). The zero-order valence-electron chi connectivity index (χ0n) is 12.8. The van der Waals surface area contributed by atoms with Crippen molar-refractivity contribution in [3.63, 3.8) is 0 Å². The van der Waals surface area contributed by atoms with Gasteiger partial charge in [0.1, 0.15) is 0 Å². The first kappa shape index (κ1) is 15.0. The first-order valence-corrected chi connectivity index (χ1v) is 7.56. The van der Waals surface area contributed by atoms with Gasteiger partial charge in [-0.1, -0.05) is 54.5 Å². The molecule has 116 valence electrons. The van der Waals surface area contributed by atoms with Gasteiger partial charge in [0.25, 0.3) is 5.89 Å². The highest BCUT2D eigenvalue weighted by Gasteiger charge is 2.14. The highest BCUT2D eigenvalue weighted by Crippen LogP contribution is 2.28. The van der Waals surface area contributed by atoms with Crippen molar-refractivity contribution in [2.24, 2.45) is 0 Å². The summed E-state index contributed by atoms with van der Waals surface area (Å²) in [5, 5.41) is 6.91. The van der Waals surface area contributed by atoms with Gasteiger partial charge >= 0.3 is 0 Å². The van der Waals surface area contributed by atoms with E-state index in [9.17, 15) is 4.79 Å². The zero-order valence-corrected chi connectivity index (χ0v) is 12.8. The number of aromatic nitrogens is 2. The van der Waals surface area contributed by atoms with Crippen molar-refractivity contribution in [1.29, 1.82) is 0 Å². The Morgan fingerprint density at radius 3 is 2.61 bits per heavy atom. The van der Waals surface area contributed by atoms with E-state index in [4.69, 9.17) is 4.52 Å². The molecule has 0 atom stereocenters. The molecule has 0 fully saturated rings. The molecular formula is C18H17N3O2. The number of rotatable bonds is 5. The van der Waals surface area contributed by atoms with Crippen LogP contribution in [0.1, 0.15) is 19.8 Å². The Balaban J connectivity index is 1.91. The highest BCUT2D eigenvalue weighted by atomic mass is 16.5. The van der Waals surface area contributed by atoms with E-state index in [-0.39, 0.29) is 5.91 Å². The van der Waals surface area contributed by atoms with Crippen molar-refractivity contribution in [2.45, 2.75) is 19.8 Å². The molecule has 0 unspecified atom stereocenters. The summed E-state index contributed by atoms with van der Waals surface area (Å²) >= 11 is 0. The van der Waals surface area contributed by atoms with Crippen LogP contribution in [0.15, 0.2) is 59.1 Å². The summed E-state index contributed by atoms with van der Waals surface area (Å²) in [7, 11) is 0. The number of hydrogen-bond donors (Lipinski definition) is 1. The number of para-hydroxylation sites is 1. The van der Waals surface area contributed by atoms with Gasteiger partial charge in [0.2, 0.25) is 11.7 Å². The van der Waals surface area contributed by atoms with Gasteiger partial charge in [-0.3, -0.25) is 4.79 Å². The van der Waals surface area contributed by atoms with Crippen LogP contribution in [0.5, 0.6) is 0 Å². The number of nitrogens with zero attached hydrogens (tertiary/aromatic N) is 2. The fraction of sp³-hybridized carbons (Fsp3) is 0.167. The van der Waals surface area contributed by atoms with Gasteiger partial charge in [-0.15, -0.1) is 0 Å². The molecule has 0 saturated heterocycles. The minimum Gasteiger partial charge on any atom is -0.334 e. The third kappa shape index (κ3) is 3.45. The summed E-state index contributed by atoms with van der Waals surface area (Å²) in [4.78, 5) is 16.3. The van der Waals surface area contributed by atoms with Gasteiger partial charge < -0.3 is 9.84 Å². The second-order valence-corrected chi connectivity index (χ2v) is 5.13. The second-order valence-electron chi connectivity index (χ2n) is 5.13. The molecule has 3 aromatic rings. The van der Waals surface area contributed by atoms with Gasteiger partial charge in [0, 0.05) is 12.0 Å². The summed E-state index contributed by atoms with van der Waals surface area (Å²) in [6, 6.07) is 17.0. The molecule has 1 amide bonds. The van der Waals surface area contributed by atoms with E-state index < -0.39 is 0 Å². The SMILES string of the molecule is CCCC(=O)Nc1ccccc1-c1nc(-c2ccccc2)no1. The van der Waals surface area contributed by atoms with Crippen LogP contribution >= 0.6 is 0 Å². The van der Waals surface area contributed by atoms with Crippen LogP contribution in [0.2, 0.25) is 0 Å². The summed E-state index contributed by atoms with van der Waals surface area (Å²) in [6.07, 6.45) is 1.28.